The molecule has 0 saturated heterocycles. The third-order valence-electron chi connectivity index (χ3n) is 2.60. The van der Waals surface area contributed by atoms with E-state index in [9.17, 15) is 14.4 Å². The van der Waals surface area contributed by atoms with Gasteiger partial charge < -0.3 is 20.1 Å². The molecule has 0 aliphatic carbocycles. The van der Waals surface area contributed by atoms with Gasteiger partial charge in [-0.05, 0) is 11.8 Å². The Kier molecular flexibility index (Phi) is 7.64. The molecule has 0 radical (unpaired) electrons. The van der Waals surface area contributed by atoms with Gasteiger partial charge in [-0.1, -0.05) is 27.7 Å². The molecule has 0 aromatic heterocycles. The van der Waals surface area contributed by atoms with Crippen LogP contribution in [0.15, 0.2) is 0 Å². The minimum absolute atomic E-state index is 0.121. The van der Waals surface area contributed by atoms with Crippen molar-refractivity contribution in [3.63, 3.8) is 0 Å². The Labute approximate surface area is 119 Å². The summed E-state index contributed by atoms with van der Waals surface area (Å²) in [5.41, 5.74) is 0. The third-order valence-corrected chi connectivity index (χ3v) is 2.60. The van der Waals surface area contributed by atoms with Crippen LogP contribution < -0.4 is 5.32 Å². The van der Waals surface area contributed by atoms with E-state index in [4.69, 9.17) is 5.11 Å². The average molecular weight is 288 g/mol. The lowest BCUT2D eigenvalue weighted by Gasteiger charge is -2.27. The number of carboxylic acid groups (broad SMARTS) is 1. The van der Waals surface area contributed by atoms with E-state index in [1.54, 1.807) is 13.8 Å². The maximum absolute atomic E-state index is 12.1. The quantitative estimate of drug-likeness (QED) is 0.680. The van der Waals surface area contributed by atoms with Gasteiger partial charge in [0.15, 0.2) is 0 Å². The van der Waals surface area contributed by atoms with Crippen molar-refractivity contribution in [2.75, 3.05) is 20.2 Å². The van der Waals surface area contributed by atoms with Crippen molar-refractivity contribution < 1.29 is 24.2 Å². The number of aliphatic carboxylic acids is 1. The van der Waals surface area contributed by atoms with Gasteiger partial charge in [-0.2, -0.15) is 0 Å². The first-order valence-electron chi connectivity index (χ1n) is 6.54. The van der Waals surface area contributed by atoms with E-state index in [0.717, 1.165) is 0 Å². The van der Waals surface area contributed by atoms with Crippen LogP contribution in [0.1, 0.15) is 27.7 Å². The molecule has 0 rings (SSSR count). The summed E-state index contributed by atoms with van der Waals surface area (Å²) < 4.78 is 4.63. The summed E-state index contributed by atoms with van der Waals surface area (Å²) >= 11 is 0. The highest BCUT2D eigenvalue weighted by Gasteiger charge is 2.28. The van der Waals surface area contributed by atoms with Crippen LogP contribution in [0.5, 0.6) is 0 Å². The summed E-state index contributed by atoms with van der Waals surface area (Å²) in [7, 11) is 1.24. The molecule has 0 aliphatic rings. The number of esters is 1. The Morgan fingerprint density at radius 3 is 2.10 bits per heavy atom. The summed E-state index contributed by atoms with van der Waals surface area (Å²) in [5.74, 6) is -1.68. The van der Waals surface area contributed by atoms with E-state index < -0.39 is 30.6 Å². The molecule has 1 unspecified atom stereocenters. The van der Waals surface area contributed by atoms with Gasteiger partial charge in [0.2, 0.25) is 0 Å². The van der Waals surface area contributed by atoms with E-state index in [-0.39, 0.29) is 11.8 Å². The summed E-state index contributed by atoms with van der Waals surface area (Å²) in [6.07, 6.45) is 0. The van der Waals surface area contributed by atoms with E-state index in [2.05, 4.69) is 10.1 Å². The Bertz CT molecular complexity index is 355. The fourth-order valence-corrected chi connectivity index (χ4v) is 1.67. The molecule has 0 aliphatic heterocycles. The van der Waals surface area contributed by atoms with Crippen molar-refractivity contribution >= 4 is 18.0 Å². The number of hydrogen-bond acceptors (Lipinski definition) is 4. The zero-order valence-corrected chi connectivity index (χ0v) is 12.7. The number of amides is 2. The number of rotatable bonds is 7. The van der Waals surface area contributed by atoms with E-state index >= 15 is 0 Å². The van der Waals surface area contributed by atoms with Gasteiger partial charge in [0.25, 0.3) is 0 Å². The van der Waals surface area contributed by atoms with Crippen LogP contribution in [0, 0.1) is 11.8 Å². The Morgan fingerprint density at radius 1 is 1.20 bits per heavy atom. The normalized spacial score (nSPS) is 12.2. The zero-order chi connectivity index (χ0) is 15.9. The molecule has 0 heterocycles. The molecule has 1 atom stereocenters. The lowest BCUT2D eigenvalue weighted by molar-refractivity contribution is -0.144. The fourth-order valence-electron chi connectivity index (χ4n) is 1.67. The molecule has 0 aromatic rings. The second kappa shape index (κ2) is 8.39. The molecule has 0 fully saturated rings. The van der Waals surface area contributed by atoms with E-state index in [1.807, 2.05) is 13.8 Å². The molecule has 0 aromatic carbocycles. The Hall–Kier alpha value is -1.79. The van der Waals surface area contributed by atoms with E-state index in [1.165, 1.54) is 12.0 Å². The van der Waals surface area contributed by atoms with E-state index in [0.29, 0.717) is 6.54 Å². The van der Waals surface area contributed by atoms with Crippen LogP contribution in [0.25, 0.3) is 0 Å². The van der Waals surface area contributed by atoms with Gasteiger partial charge in [-0.3, -0.25) is 4.79 Å². The van der Waals surface area contributed by atoms with Crippen molar-refractivity contribution in [3.8, 4) is 0 Å². The largest absolute Gasteiger partial charge is 0.480 e. The van der Waals surface area contributed by atoms with Crippen molar-refractivity contribution in [1.82, 2.24) is 10.2 Å². The first-order chi connectivity index (χ1) is 9.18. The topological polar surface area (TPSA) is 95.9 Å². The summed E-state index contributed by atoms with van der Waals surface area (Å²) in [6.45, 7) is 7.18. The summed E-state index contributed by atoms with van der Waals surface area (Å²) in [5, 5.41) is 11.4. The molecule has 0 bridgehead atoms. The molecule has 20 heavy (non-hydrogen) atoms. The van der Waals surface area contributed by atoms with Crippen molar-refractivity contribution in [2.24, 2.45) is 11.8 Å². The van der Waals surface area contributed by atoms with Gasteiger partial charge >= 0.3 is 18.0 Å². The fraction of sp³-hybridized carbons (Fsp3) is 0.769. The smallest absolute Gasteiger partial charge is 0.328 e. The highest BCUT2D eigenvalue weighted by Crippen LogP contribution is 2.06. The average Bonchev–Trinajstić information content (AvgIpc) is 2.32. The maximum Gasteiger partial charge on any atom is 0.328 e. The number of hydrogen-bond donors (Lipinski definition) is 2. The predicted molar refractivity (Wildman–Crippen MR) is 73.2 cm³/mol. The number of carbonyl (C=O) groups is 3. The lowest BCUT2D eigenvalue weighted by atomic mass is 10.1. The van der Waals surface area contributed by atoms with Gasteiger partial charge in [-0.15, -0.1) is 0 Å². The first kappa shape index (κ1) is 18.2. The Morgan fingerprint density at radius 2 is 1.75 bits per heavy atom. The number of urea groups is 1. The monoisotopic (exact) mass is 288 g/mol. The summed E-state index contributed by atoms with van der Waals surface area (Å²) in [4.78, 5) is 35.6. The number of ether oxygens (including phenoxy) is 1. The number of nitrogens with zero attached hydrogens (tertiary/aromatic N) is 1. The van der Waals surface area contributed by atoms with Crippen LogP contribution in [-0.4, -0.2) is 54.2 Å². The standard InChI is InChI=1S/C13H24N2O5/c1-8(2)6-15(7-10(16)17)13(19)14-11(9(3)4)12(18)20-5/h8-9,11H,6-7H2,1-5H3,(H,14,19)(H,16,17). The molecular weight excluding hydrogens is 264 g/mol. The molecule has 2 N–H and O–H groups in total. The van der Waals surface area contributed by atoms with Crippen LogP contribution in [0.3, 0.4) is 0 Å². The van der Waals surface area contributed by atoms with Crippen LogP contribution >= 0.6 is 0 Å². The molecular formula is C13H24N2O5. The number of carboxylic acids is 1. The lowest BCUT2D eigenvalue weighted by Crippen LogP contribution is -2.52. The molecule has 0 saturated carbocycles. The molecule has 7 heteroatoms. The minimum atomic E-state index is -1.10. The summed E-state index contributed by atoms with van der Waals surface area (Å²) in [6, 6.07) is -1.37. The second-order valence-corrected chi connectivity index (χ2v) is 5.36. The SMILES string of the molecule is COC(=O)C(NC(=O)N(CC(=O)O)CC(C)C)C(C)C. The van der Waals surface area contributed by atoms with Gasteiger partial charge in [0.05, 0.1) is 7.11 Å². The molecule has 7 nitrogen and oxygen atoms in total. The molecule has 0 spiro atoms. The van der Waals surface area contributed by atoms with Crippen molar-refractivity contribution in [2.45, 2.75) is 33.7 Å². The number of methoxy groups -OCH3 is 1. The predicted octanol–water partition coefficient (Wildman–Crippen LogP) is 0.936. The van der Waals surface area contributed by atoms with Crippen LogP contribution in [0.4, 0.5) is 4.79 Å². The second-order valence-electron chi connectivity index (χ2n) is 5.36. The Balaban J connectivity index is 4.86. The van der Waals surface area contributed by atoms with Crippen molar-refractivity contribution in [3.05, 3.63) is 0 Å². The minimum Gasteiger partial charge on any atom is -0.480 e. The van der Waals surface area contributed by atoms with Crippen molar-refractivity contribution in [1.29, 1.82) is 0 Å². The number of carbonyl (C=O) groups excluding carboxylic acids is 2. The highest BCUT2D eigenvalue weighted by molar-refractivity contribution is 5.85. The third kappa shape index (κ3) is 6.40. The van der Waals surface area contributed by atoms with Gasteiger partial charge in [-0.25, -0.2) is 9.59 Å². The molecule has 2 amide bonds. The van der Waals surface area contributed by atoms with Gasteiger partial charge in [0.1, 0.15) is 12.6 Å². The van der Waals surface area contributed by atoms with Gasteiger partial charge in [0, 0.05) is 6.54 Å². The first-order valence-corrected chi connectivity index (χ1v) is 6.54. The number of nitrogens with one attached hydrogen (secondary N) is 1. The van der Waals surface area contributed by atoms with Crippen LogP contribution in [-0.2, 0) is 14.3 Å². The molecule has 116 valence electrons. The maximum atomic E-state index is 12.1. The highest BCUT2D eigenvalue weighted by atomic mass is 16.5. The zero-order valence-electron chi connectivity index (χ0n) is 12.7. The van der Waals surface area contributed by atoms with Crippen LogP contribution in [0.2, 0.25) is 0 Å².